The van der Waals surface area contributed by atoms with Gasteiger partial charge < -0.3 is 10.2 Å². The van der Waals surface area contributed by atoms with Crippen molar-refractivity contribution in [2.24, 2.45) is 5.73 Å². The molecule has 2 N–H and O–H groups in total. The quantitative estimate of drug-likeness (QED) is 0.901. The SMILES string of the molecule is Cc1oc(CN(C)Cc2ccccc2F)cc1CN. The van der Waals surface area contributed by atoms with Crippen molar-refractivity contribution in [1.29, 1.82) is 0 Å². The molecule has 19 heavy (non-hydrogen) atoms. The highest BCUT2D eigenvalue weighted by atomic mass is 19.1. The van der Waals surface area contributed by atoms with E-state index in [0.717, 1.165) is 17.1 Å². The Bertz CT molecular complexity index is 551. The first-order valence-electron chi connectivity index (χ1n) is 6.30. The second-order valence-corrected chi connectivity index (χ2v) is 4.76. The topological polar surface area (TPSA) is 42.4 Å². The highest BCUT2D eigenvalue weighted by Gasteiger charge is 2.10. The summed E-state index contributed by atoms with van der Waals surface area (Å²) >= 11 is 0. The van der Waals surface area contributed by atoms with Gasteiger partial charge in [-0.15, -0.1) is 0 Å². The summed E-state index contributed by atoms with van der Waals surface area (Å²) in [7, 11) is 1.94. The van der Waals surface area contributed by atoms with Crippen LogP contribution in [0.3, 0.4) is 0 Å². The zero-order chi connectivity index (χ0) is 13.8. The van der Waals surface area contributed by atoms with Crippen LogP contribution in [0.25, 0.3) is 0 Å². The minimum atomic E-state index is -0.173. The summed E-state index contributed by atoms with van der Waals surface area (Å²) < 4.78 is 19.2. The molecular weight excluding hydrogens is 243 g/mol. The van der Waals surface area contributed by atoms with E-state index in [1.165, 1.54) is 6.07 Å². The largest absolute Gasteiger partial charge is 0.465 e. The van der Waals surface area contributed by atoms with Gasteiger partial charge >= 0.3 is 0 Å². The van der Waals surface area contributed by atoms with Crippen LogP contribution < -0.4 is 5.73 Å². The molecule has 0 fully saturated rings. The number of furan rings is 1. The standard InChI is InChI=1S/C15H19FN2O/c1-11-13(8-17)7-14(19-11)10-18(2)9-12-5-3-4-6-15(12)16/h3-7H,8-10,17H2,1-2H3. The molecule has 3 nitrogen and oxygen atoms in total. The highest BCUT2D eigenvalue weighted by molar-refractivity contribution is 5.21. The smallest absolute Gasteiger partial charge is 0.127 e. The van der Waals surface area contributed by atoms with Crippen molar-refractivity contribution in [2.45, 2.75) is 26.6 Å². The number of benzene rings is 1. The van der Waals surface area contributed by atoms with Gasteiger partial charge in [0.2, 0.25) is 0 Å². The van der Waals surface area contributed by atoms with Crippen LogP contribution >= 0.6 is 0 Å². The number of halogens is 1. The van der Waals surface area contributed by atoms with Crippen molar-refractivity contribution in [2.75, 3.05) is 7.05 Å². The second-order valence-electron chi connectivity index (χ2n) is 4.76. The van der Waals surface area contributed by atoms with Crippen molar-refractivity contribution in [1.82, 2.24) is 4.90 Å². The fourth-order valence-electron chi connectivity index (χ4n) is 2.11. The lowest BCUT2D eigenvalue weighted by Crippen LogP contribution is -2.17. The maximum absolute atomic E-state index is 13.5. The number of aryl methyl sites for hydroxylation is 1. The molecule has 0 saturated carbocycles. The third-order valence-electron chi connectivity index (χ3n) is 3.12. The normalized spacial score (nSPS) is 11.2. The number of hydrogen-bond donors (Lipinski definition) is 1. The molecule has 2 rings (SSSR count). The summed E-state index contributed by atoms with van der Waals surface area (Å²) in [5.41, 5.74) is 7.32. The second kappa shape index (κ2) is 5.99. The van der Waals surface area contributed by atoms with Gasteiger partial charge in [-0.3, -0.25) is 4.90 Å². The van der Waals surface area contributed by atoms with Gasteiger partial charge in [0.05, 0.1) is 6.54 Å². The number of rotatable bonds is 5. The van der Waals surface area contributed by atoms with Gasteiger partial charge in [-0.2, -0.15) is 0 Å². The van der Waals surface area contributed by atoms with Crippen molar-refractivity contribution in [3.8, 4) is 0 Å². The molecule has 4 heteroatoms. The number of hydrogen-bond acceptors (Lipinski definition) is 3. The van der Waals surface area contributed by atoms with E-state index >= 15 is 0 Å². The lowest BCUT2D eigenvalue weighted by atomic mass is 10.2. The first-order chi connectivity index (χ1) is 9.10. The minimum Gasteiger partial charge on any atom is -0.465 e. The summed E-state index contributed by atoms with van der Waals surface area (Å²) in [5, 5.41) is 0. The van der Waals surface area contributed by atoms with Crippen molar-refractivity contribution in [3.63, 3.8) is 0 Å². The van der Waals surface area contributed by atoms with Crippen molar-refractivity contribution in [3.05, 3.63) is 58.8 Å². The van der Waals surface area contributed by atoms with E-state index in [1.807, 2.05) is 31.0 Å². The van der Waals surface area contributed by atoms with E-state index in [9.17, 15) is 4.39 Å². The average molecular weight is 262 g/mol. The van der Waals surface area contributed by atoms with Gasteiger partial charge in [0.15, 0.2) is 0 Å². The molecule has 0 aliphatic carbocycles. The lowest BCUT2D eigenvalue weighted by Gasteiger charge is -2.15. The van der Waals surface area contributed by atoms with Crippen LogP contribution in [0.5, 0.6) is 0 Å². The van der Waals surface area contributed by atoms with Crippen LogP contribution in [-0.4, -0.2) is 11.9 Å². The van der Waals surface area contributed by atoms with E-state index in [1.54, 1.807) is 12.1 Å². The maximum Gasteiger partial charge on any atom is 0.127 e. The lowest BCUT2D eigenvalue weighted by molar-refractivity contribution is 0.281. The summed E-state index contributed by atoms with van der Waals surface area (Å²) in [6.07, 6.45) is 0. The summed E-state index contributed by atoms with van der Waals surface area (Å²) in [5.74, 6) is 1.54. The molecule has 2 aromatic rings. The molecule has 1 heterocycles. The van der Waals surface area contributed by atoms with Crippen LogP contribution in [0.1, 0.15) is 22.6 Å². The first kappa shape index (κ1) is 13.8. The van der Waals surface area contributed by atoms with Gasteiger partial charge in [-0.05, 0) is 26.1 Å². The van der Waals surface area contributed by atoms with Crippen molar-refractivity contribution >= 4 is 0 Å². The molecule has 0 atom stereocenters. The first-order valence-corrected chi connectivity index (χ1v) is 6.30. The van der Waals surface area contributed by atoms with E-state index in [0.29, 0.717) is 25.2 Å². The molecule has 0 saturated heterocycles. The molecule has 102 valence electrons. The minimum absolute atomic E-state index is 0.173. The Kier molecular flexibility index (Phi) is 4.35. The van der Waals surface area contributed by atoms with Crippen LogP contribution in [-0.2, 0) is 19.6 Å². The Morgan fingerprint density at radius 2 is 1.95 bits per heavy atom. The molecule has 0 aliphatic heterocycles. The Balaban J connectivity index is 2.01. The molecular formula is C15H19FN2O. The number of nitrogens with two attached hydrogens (primary N) is 1. The summed E-state index contributed by atoms with van der Waals surface area (Å²) in [4.78, 5) is 2.01. The van der Waals surface area contributed by atoms with Gasteiger partial charge in [0, 0.05) is 24.2 Å². The predicted molar refractivity (Wildman–Crippen MR) is 72.9 cm³/mol. The summed E-state index contributed by atoms with van der Waals surface area (Å²) in [6.45, 7) is 3.56. The molecule has 0 spiro atoms. The zero-order valence-corrected chi connectivity index (χ0v) is 11.3. The highest BCUT2D eigenvalue weighted by Crippen LogP contribution is 2.17. The number of nitrogens with zero attached hydrogens (tertiary/aromatic N) is 1. The molecule has 0 amide bonds. The zero-order valence-electron chi connectivity index (χ0n) is 11.3. The molecule has 0 unspecified atom stereocenters. The molecule has 0 aliphatic rings. The summed E-state index contributed by atoms with van der Waals surface area (Å²) in [6, 6.07) is 8.78. The Morgan fingerprint density at radius 1 is 1.21 bits per heavy atom. The van der Waals surface area contributed by atoms with Crippen LogP contribution in [0, 0.1) is 12.7 Å². The molecule has 0 bridgehead atoms. The van der Waals surface area contributed by atoms with Gasteiger partial charge in [0.1, 0.15) is 17.3 Å². The van der Waals surface area contributed by atoms with Crippen LogP contribution in [0.4, 0.5) is 4.39 Å². The van der Waals surface area contributed by atoms with Gasteiger partial charge in [0.25, 0.3) is 0 Å². The Hall–Kier alpha value is -1.65. The van der Waals surface area contributed by atoms with Crippen molar-refractivity contribution < 1.29 is 8.81 Å². The molecule has 0 radical (unpaired) electrons. The van der Waals surface area contributed by atoms with E-state index in [4.69, 9.17) is 10.2 Å². The molecule has 1 aromatic carbocycles. The Labute approximate surface area is 112 Å². The Morgan fingerprint density at radius 3 is 2.58 bits per heavy atom. The van der Waals surface area contributed by atoms with E-state index in [2.05, 4.69) is 0 Å². The average Bonchev–Trinajstić information content (AvgIpc) is 2.72. The van der Waals surface area contributed by atoms with Crippen LogP contribution in [0.2, 0.25) is 0 Å². The fourth-order valence-corrected chi connectivity index (χ4v) is 2.11. The van der Waals surface area contributed by atoms with E-state index in [-0.39, 0.29) is 5.82 Å². The van der Waals surface area contributed by atoms with Gasteiger partial charge in [-0.1, -0.05) is 18.2 Å². The predicted octanol–water partition coefficient (Wildman–Crippen LogP) is 2.82. The molecule has 1 aromatic heterocycles. The third-order valence-corrected chi connectivity index (χ3v) is 3.12. The van der Waals surface area contributed by atoms with E-state index < -0.39 is 0 Å². The van der Waals surface area contributed by atoms with Gasteiger partial charge in [-0.25, -0.2) is 4.39 Å². The fraction of sp³-hybridized carbons (Fsp3) is 0.333. The third kappa shape index (κ3) is 3.43. The maximum atomic E-state index is 13.5. The van der Waals surface area contributed by atoms with Crippen LogP contribution in [0.15, 0.2) is 34.7 Å². The monoisotopic (exact) mass is 262 g/mol.